The smallest absolute Gasteiger partial charge is 0.306 e. The second-order valence-corrected chi connectivity index (χ2v) is 18.8. The molecule has 6 heteroatoms. The van der Waals surface area contributed by atoms with Crippen molar-refractivity contribution in [2.45, 2.75) is 297 Å². The predicted molar refractivity (Wildman–Crippen MR) is 279 cm³/mol. The maximum absolute atomic E-state index is 12.8. The van der Waals surface area contributed by atoms with Gasteiger partial charge in [0.25, 0.3) is 0 Å². The van der Waals surface area contributed by atoms with E-state index in [9.17, 15) is 14.4 Å². The van der Waals surface area contributed by atoms with E-state index in [4.69, 9.17) is 14.2 Å². The minimum absolute atomic E-state index is 0.0776. The van der Waals surface area contributed by atoms with Crippen LogP contribution in [0.3, 0.4) is 0 Å². The van der Waals surface area contributed by atoms with Crippen molar-refractivity contribution in [2.75, 3.05) is 13.2 Å². The number of hydrogen-bond donors (Lipinski definition) is 0. The van der Waals surface area contributed by atoms with Gasteiger partial charge in [-0.25, -0.2) is 0 Å². The molecule has 0 saturated carbocycles. The molecule has 1 atom stereocenters. The van der Waals surface area contributed by atoms with E-state index < -0.39 is 6.10 Å². The van der Waals surface area contributed by atoms with Gasteiger partial charge in [0.2, 0.25) is 0 Å². The monoisotopic (exact) mass is 911 g/mol. The van der Waals surface area contributed by atoms with Crippen molar-refractivity contribution in [1.82, 2.24) is 0 Å². The highest BCUT2D eigenvalue weighted by molar-refractivity contribution is 5.71. The average Bonchev–Trinajstić information content (AvgIpc) is 3.30. The molecule has 0 N–H and O–H groups in total. The van der Waals surface area contributed by atoms with Gasteiger partial charge in [0.15, 0.2) is 6.10 Å². The van der Waals surface area contributed by atoms with Crippen molar-refractivity contribution in [3.05, 3.63) is 48.6 Å². The zero-order chi connectivity index (χ0) is 47.2. The van der Waals surface area contributed by atoms with Gasteiger partial charge in [-0.3, -0.25) is 14.4 Å². The normalized spacial score (nSPS) is 12.4. The molecule has 65 heavy (non-hydrogen) atoms. The second-order valence-electron chi connectivity index (χ2n) is 18.8. The third kappa shape index (κ3) is 52.2. The fourth-order valence-corrected chi connectivity index (χ4v) is 8.10. The van der Waals surface area contributed by atoms with Gasteiger partial charge in [0.1, 0.15) is 13.2 Å². The lowest BCUT2D eigenvalue weighted by Crippen LogP contribution is -2.30. The van der Waals surface area contributed by atoms with Gasteiger partial charge in [-0.2, -0.15) is 0 Å². The van der Waals surface area contributed by atoms with E-state index in [-0.39, 0.29) is 31.1 Å². The van der Waals surface area contributed by atoms with Gasteiger partial charge in [-0.1, -0.05) is 243 Å². The van der Waals surface area contributed by atoms with Crippen molar-refractivity contribution < 1.29 is 28.6 Å². The Labute approximate surface area is 403 Å². The number of hydrogen-bond acceptors (Lipinski definition) is 6. The Hall–Kier alpha value is -2.63. The lowest BCUT2D eigenvalue weighted by Gasteiger charge is -2.18. The zero-order valence-corrected chi connectivity index (χ0v) is 43.3. The summed E-state index contributed by atoms with van der Waals surface area (Å²) in [6, 6.07) is 0. The molecule has 0 fully saturated rings. The summed E-state index contributed by atoms with van der Waals surface area (Å²) in [7, 11) is 0. The number of esters is 3. The van der Waals surface area contributed by atoms with Crippen LogP contribution in [0.15, 0.2) is 48.6 Å². The summed E-state index contributed by atoms with van der Waals surface area (Å²) in [5.41, 5.74) is 0. The van der Waals surface area contributed by atoms with E-state index >= 15 is 0 Å². The lowest BCUT2D eigenvalue weighted by molar-refractivity contribution is -0.167. The van der Waals surface area contributed by atoms with E-state index in [0.717, 1.165) is 96.3 Å². The van der Waals surface area contributed by atoms with Crippen LogP contribution in [0.1, 0.15) is 290 Å². The summed E-state index contributed by atoms with van der Waals surface area (Å²) in [4.78, 5) is 38.0. The van der Waals surface area contributed by atoms with Gasteiger partial charge in [-0.15, -0.1) is 0 Å². The molecular weight excluding hydrogens is 805 g/mol. The average molecular weight is 911 g/mol. The molecule has 0 aliphatic carbocycles. The quantitative estimate of drug-likeness (QED) is 0.0262. The minimum Gasteiger partial charge on any atom is -0.462 e. The van der Waals surface area contributed by atoms with Crippen LogP contribution in [0.5, 0.6) is 0 Å². The molecule has 0 radical (unpaired) electrons. The highest BCUT2D eigenvalue weighted by Crippen LogP contribution is 2.16. The molecule has 0 bridgehead atoms. The molecule has 0 rings (SSSR count). The molecule has 0 aliphatic rings. The molecule has 0 spiro atoms. The third-order valence-electron chi connectivity index (χ3n) is 12.3. The first-order chi connectivity index (χ1) is 32.0. The van der Waals surface area contributed by atoms with Gasteiger partial charge in [0, 0.05) is 19.3 Å². The van der Waals surface area contributed by atoms with Crippen LogP contribution in [0, 0.1) is 0 Å². The summed E-state index contributed by atoms with van der Waals surface area (Å²) in [5, 5.41) is 0. The fourth-order valence-electron chi connectivity index (χ4n) is 8.10. The van der Waals surface area contributed by atoms with Crippen molar-refractivity contribution in [3.63, 3.8) is 0 Å². The molecule has 0 heterocycles. The first-order valence-corrected chi connectivity index (χ1v) is 28.1. The number of allylic oxidation sites excluding steroid dienone is 8. The Morgan fingerprint density at radius 2 is 0.600 bits per heavy atom. The van der Waals surface area contributed by atoms with Crippen LogP contribution in [0.25, 0.3) is 0 Å². The highest BCUT2D eigenvalue weighted by atomic mass is 16.6. The molecule has 6 nitrogen and oxygen atoms in total. The van der Waals surface area contributed by atoms with Gasteiger partial charge in [-0.05, 0) is 77.0 Å². The maximum atomic E-state index is 12.8. The summed E-state index contributed by atoms with van der Waals surface area (Å²) < 4.78 is 16.8. The van der Waals surface area contributed by atoms with Crippen molar-refractivity contribution in [2.24, 2.45) is 0 Å². The second kappa shape index (κ2) is 54.0. The van der Waals surface area contributed by atoms with E-state index in [1.165, 1.54) is 154 Å². The Morgan fingerprint density at radius 3 is 0.954 bits per heavy atom. The SMILES string of the molecule is CC/C=C\C/C=C\C/C=C\CCCCCCCC(=O)O[C@@H](COC(=O)CCCCCCCCCCCCC)COC(=O)CCCCCCCCCCCCC/C=C\CCCCCCCC. The van der Waals surface area contributed by atoms with E-state index in [2.05, 4.69) is 69.4 Å². The zero-order valence-electron chi connectivity index (χ0n) is 43.3. The minimum atomic E-state index is -0.779. The van der Waals surface area contributed by atoms with Crippen LogP contribution in [0.4, 0.5) is 0 Å². The van der Waals surface area contributed by atoms with Crippen LogP contribution in [0.2, 0.25) is 0 Å². The number of unbranched alkanes of at least 4 members (excludes halogenated alkanes) is 32. The fraction of sp³-hybridized carbons (Fsp3) is 0.814. The van der Waals surface area contributed by atoms with E-state index in [1.807, 2.05) is 0 Å². The predicted octanol–water partition coefficient (Wildman–Crippen LogP) is 18.7. The molecule has 0 aromatic heterocycles. The Bertz CT molecular complexity index is 1140. The number of ether oxygens (including phenoxy) is 3. The van der Waals surface area contributed by atoms with Crippen LogP contribution < -0.4 is 0 Å². The molecule has 0 aromatic carbocycles. The Morgan fingerprint density at radius 1 is 0.323 bits per heavy atom. The summed E-state index contributed by atoms with van der Waals surface area (Å²) in [5.74, 6) is -0.884. The van der Waals surface area contributed by atoms with Crippen LogP contribution in [-0.2, 0) is 28.6 Å². The Kier molecular flexibility index (Phi) is 51.8. The topological polar surface area (TPSA) is 78.9 Å². The summed E-state index contributed by atoms with van der Waals surface area (Å²) in [6.45, 7) is 6.53. The van der Waals surface area contributed by atoms with Crippen molar-refractivity contribution in [3.8, 4) is 0 Å². The Balaban J connectivity index is 4.29. The number of carbonyl (C=O) groups is 3. The van der Waals surface area contributed by atoms with E-state index in [0.29, 0.717) is 19.3 Å². The first-order valence-electron chi connectivity index (χ1n) is 28.1. The van der Waals surface area contributed by atoms with Crippen molar-refractivity contribution in [1.29, 1.82) is 0 Å². The highest BCUT2D eigenvalue weighted by Gasteiger charge is 2.19. The molecular formula is C59H106O6. The third-order valence-corrected chi connectivity index (χ3v) is 12.3. The first kappa shape index (κ1) is 62.4. The van der Waals surface area contributed by atoms with Crippen LogP contribution in [-0.4, -0.2) is 37.2 Å². The van der Waals surface area contributed by atoms with Gasteiger partial charge >= 0.3 is 17.9 Å². The largest absolute Gasteiger partial charge is 0.462 e. The number of rotatable bonds is 51. The van der Waals surface area contributed by atoms with Gasteiger partial charge < -0.3 is 14.2 Å². The lowest BCUT2D eigenvalue weighted by atomic mass is 10.0. The molecule has 0 amide bonds. The van der Waals surface area contributed by atoms with E-state index in [1.54, 1.807) is 0 Å². The van der Waals surface area contributed by atoms with Gasteiger partial charge in [0.05, 0.1) is 0 Å². The molecule has 0 saturated heterocycles. The molecule has 0 aliphatic heterocycles. The molecule has 378 valence electrons. The maximum Gasteiger partial charge on any atom is 0.306 e. The number of carbonyl (C=O) groups excluding carboxylic acids is 3. The molecule has 0 unspecified atom stereocenters. The standard InChI is InChI=1S/C59H106O6/c1-4-7-10-13-16-19-22-24-26-27-28-29-30-31-33-34-37-40-43-46-49-52-58(61)64-55-56(54-63-57(60)51-48-45-42-39-36-21-18-15-12-9-6-3)65-59(62)53-50-47-44-41-38-35-32-25-23-20-17-14-11-8-5-2/h8,11,17,20,24-26,32,56H,4-7,9-10,12-16,18-19,21-23,27-31,33-55H2,1-3H3/b11-8-,20-17-,26-24-,32-25-/t56-/m0/s1. The summed E-state index contributed by atoms with van der Waals surface area (Å²) >= 11 is 0. The van der Waals surface area contributed by atoms with Crippen LogP contribution >= 0.6 is 0 Å². The molecule has 0 aromatic rings. The summed E-state index contributed by atoms with van der Waals surface area (Å²) in [6.07, 6.45) is 65.3. The van der Waals surface area contributed by atoms with Crippen molar-refractivity contribution >= 4 is 17.9 Å².